The Labute approximate surface area is 120 Å². The lowest BCUT2D eigenvalue weighted by Gasteiger charge is -2.07. The van der Waals surface area contributed by atoms with Crippen LogP contribution in [0.5, 0.6) is 0 Å². The highest BCUT2D eigenvalue weighted by Crippen LogP contribution is 2.20. The van der Waals surface area contributed by atoms with E-state index in [1.807, 2.05) is 12.1 Å². The van der Waals surface area contributed by atoms with Gasteiger partial charge in [-0.15, -0.1) is 11.8 Å². The highest BCUT2D eigenvalue weighted by atomic mass is 35.5. The Kier molecular flexibility index (Phi) is 6.69. The molecule has 1 aromatic rings. The SMILES string of the molecule is O=C(CCSc1ccc(Cl)cc1)NC[C@H](O)C(=O)O. The van der Waals surface area contributed by atoms with Crippen LogP contribution in [0.4, 0.5) is 0 Å². The van der Waals surface area contributed by atoms with Gasteiger partial charge >= 0.3 is 5.97 Å². The average molecular weight is 304 g/mol. The topological polar surface area (TPSA) is 86.6 Å². The summed E-state index contributed by atoms with van der Waals surface area (Å²) in [6, 6.07) is 7.26. The molecule has 0 aromatic heterocycles. The molecule has 3 N–H and O–H groups in total. The standard InChI is InChI=1S/C12H14ClNO4S/c13-8-1-3-9(4-2-8)19-6-5-11(16)14-7-10(15)12(17)18/h1-4,10,15H,5-7H2,(H,14,16)(H,17,18)/t10-/m0/s1. The Morgan fingerprint density at radius 3 is 2.53 bits per heavy atom. The van der Waals surface area contributed by atoms with Crippen molar-refractivity contribution in [3.8, 4) is 0 Å². The molecule has 0 saturated heterocycles. The predicted molar refractivity (Wildman–Crippen MR) is 73.4 cm³/mol. The van der Waals surface area contributed by atoms with E-state index < -0.39 is 12.1 Å². The molecule has 7 heteroatoms. The Morgan fingerprint density at radius 1 is 1.32 bits per heavy atom. The zero-order valence-electron chi connectivity index (χ0n) is 10.0. The van der Waals surface area contributed by atoms with Crippen molar-refractivity contribution in [2.24, 2.45) is 0 Å². The Balaban J connectivity index is 2.20. The molecule has 1 aromatic carbocycles. The highest BCUT2D eigenvalue weighted by Gasteiger charge is 2.13. The van der Waals surface area contributed by atoms with Crippen molar-refractivity contribution < 1.29 is 19.8 Å². The van der Waals surface area contributed by atoms with Gasteiger partial charge in [0.1, 0.15) is 0 Å². The van der Waals surface area contributed by atoms with Crippen LogP contribution in [0, 0.1) is 0 Å². The number of thioether (sulfide) groups is 1. The van der Waals surface area contributed by atoms with Crippen LogP contribution in [0.15, 0.2) is 29.2 Å². The fourth-order valence-electron chi connectivity index (χ4n) is 1.18. The van der Waals surface area contributed by atoms with Crippen LogP contribution in [0.25, 0.3) is 0 Å². The van der Waals surface area contributed by atoms with Gasteiger partial charge in [0.05, 0.1) is 6.54 Å². The summed E-state index contributed by atoms with van der Waals surface area (Å²) in [4.78, 5) is 22.7. The smallest absolute Gasteiger partial charge is 0.334 e. The first-order valence-corrected chi connectivity index (χ1v) is 6.91. The molecule has 0 saturated carbocycles. The molecular formula is C12H14ClNO4S. The zero-order chi connectivity index (χ0) is 14.3. The minimum atomic E-state index is -1.56. The van der Waals surface area contributed by atoms with Gasteiger partial charge in [-0.05, 0) is 24.3 Å². The molecule has 0 heterocycles. The second-order valence-electron chi connectivity index (χ2n) is 3.71. The van der Waals surface area contributed by atoms with Gasteiger partial charge in [-0.2, -0.15) is 0 Å². The molecule has 19 heavy (non-hydrogen) atoms. The van der Waals surface area contributed by atoms with Gasteiger partial charge in [-0.1, -0.05) is 11.6 Å². The first kappa shape index (κ1) is 15.8. The summed E-state index contributed by atoms with van der Waals surface area (Å²) in [6.45, 7) is -0.278. The molecule has 0 radical (unpaired) electrons. The van der Waals surface area contributed by atoms with E-state index in [-0.39, 0.29) is 18.9 Å². The normalized spacial score (nSPS) is 11.9. The van der Waals surface area contributed by atoms with Crippen molar-refractivity contribution in [1.82, 2.24) is 5.32 Å². The first-order valence-electron chi connectivity index (χ1n) is 5.55. The van der Waals surface area contributed by atoms with Crippen molar-refractivity contribution in [2.75, 3.05) is 12.3 Å². The summed E-state index contributed by atoms with van der Waals surface area (Å²) in [6.07, 6.45) is -1.31. The number of hydrogen-bond donors (Lipinski definition) is 3. The third kappa shape index (κ3) is 6.47. The van der Waals surface area contributed by atoms with Gasteiger partial charge in [-0.25, -0.2) is 4.79 Å². The molecule has 104 valence electrons. The number of aliphatic hydroxyl groups excluding tert-OH is 1. The minimum Gasteiger partial charge on any atom is -0.479 e. The third-order valence-electron chi connectivity index (χ3n) is 2.19. The van der Waals surface area contributed by atoms with E-state index >= 15 is 0 Å². The largest absolute Gasteiger partial charge is 0.479 e. The van der Waals surface area contributed by atoms with Gasteiger partial charge in [-0.3, -0.25) is 4.79 Å². The number of aliphatic carboxylic acids is 1. The fourth-order valence-corrected chi connectivity index (χ4v) is 2.16. The molecular weight excluding hydrogens is 290 g/mol. The van der Waals surface area contributed by atoms with Gasteiger partial charge < -0.3 is 15.5 Å². The molecule has 0 fully saturated rings. The molecule has 1 amide bonds. The lowest BCUT2D eigenvalue weighted by Crippen LogP contribution is -2.36. The van der Waals surface area contributed by atoms with Crippen molar-refractivity contribution in [1.29, 1.82) is 0 Å². The zero-order valence-corrected chi connectivity index (χ0v) is 11.6. The highest BCUT2D eigenvalue weighted by molar-refractivity contribution is 7.99. The number of carbonyl (C=O) groups excluding carboxylic acids is 1. The van der Waals surface area contributed by atoms with E-state index in [0.717, 1.165) is 4.90 Å². The van der Waals surface area contributed by atoms with E-state index in [0.29, 0.717) is 10.8 Å². The van der Waals surface area contributed by atoms with E-state index in [1.54, 1.807) is 12.1 Å². The number of carbonyl (C=O) groups is 2. The number of amides is 1. The van der Waals surface area contributed by atoms with Gasteiger partial charge in [0, 0.05) is 22.1 Å². The molecule has 1 atom stereocenters. The summed E-state index contributed by atoms with van der Waals surface area (Å²) in [5, 5.41) is 20.4. The molecule has 0 spiro atoms. The number of hydrogen-bond acceptors (Lipinski definition) is 4. The van der Waals surface area contributed by atoms with Gasteiger partial charge in [0.2, 0.25) is 5.91 Å². The first-order chi connectivity index (χ1) is 8.99. The number of nitrogens with one attached hydrogen (secondary N) is 1. The average Bonchev–Trinajstić information content (AvgIpc) is 2.38. The molecule has 0 bridgehead atoms. The van der Waals surface area contributed by atoms with Crippen LogP contribution >= 0.6 is 23.4 Å². The number of benzene rings is 1. The van der Waals surface area contributed by atoms with Crippen LogP contribution in [0.2, 0.25) is 5.02 Å². The Hall–Kier alpha value is -1.24. The summed E-state index contributed by atoms with van der Waals surface area (Å²) in [7, 11) is 0. The van der Waals surface area contributed by atoms with E-state index in [2.05, 4.69) is 5.32 Å². The Morgan fingerprint density at radius 2 is 1.95 bits per heavy atom. The second kappa shape index (κ2) is 8.04. The lowest BCUT2D eigenvalue weighted by molar-refractivity contribution is -0.146. The van der Waals surface area contributed by atoms with E-state index in [1.165, 1.54) is 11.8 Å². The molecule has 0 aliphatic carbocycles. The fraction of sp³-hybridized carbons (Fsp3) is 0.333. The van der Waals surface area contributed by atoms with Crippen LogP contribution in [0.1, 0.15) is 6.42 Å². The summed E-state index contributed by atoms with van der Waals surface area (Å²) >= 11 is 7.25. The van der Waals surface area contributed by atoms with Crippen LogP contribution < -0.4 is 5.32 Å². The molecule has 0 aliphatic rings. The number of carboxylic acids is 1. The van der Waals surface area contributed by atoms with Crippen molar-refractivity contribution in [2.45, 2.75) is 17.4 Å². The molecule has 0 aliphatic heterocycles. The second-order valence-corrected chi connectivity index (χ2v) is 5.32. The molecule has 0 unspecified atom stereocenters. The van der Waals surface area contributed by atoms with Crippen LogP contribution in [0.3, 0.4) is 0 Å². The number of carboxylic acid groups (broad SMARTS) is 1. The third-order valence-corrected chi connectivity index (χ3v) is 3.45. The summed E-state index contributed by atoms with van der Waals surface area (Å²) in [5.41, 5.74) is 0. The minimum absolute atomic E-state index is 0.250. The summed E-state index contributed by atoms with van der Waals surface area (Å²) < 4.78 is 0. The van der Waals surface area contributed by atoms with Crippen molar-refractivity contribution >= 4 is 35.2 Å². The predicted octanol–water partition coefficient (Wildman–Crippen LogP) is 1.38. The molecule has 5 nitrogen and oxygen atoms in total. The van der Waals surface area contributed by atoms with E-state index in [9.17, 15) is 9.59 Å². The van der Waals surface area contributed by atoms with Gasteiger partial charge in [0.15, 0.2) is 6.10 Å². The maximum Gasteiger partial charge on any atom is 0.334 e. The number of halogens is 1. The van der Waals surface area contributed by atoms with Crippen LogP contribution in [-0.4, -0.2) is 40.5 Å². The van der Waals surface area contributed by atoms with Gasteiger partial charge in [0.25, 0.3) is 0 Å². The number of rotatable bonds is 7. The van der Waals surface area contributed by atoms with Crippen molar-refractivity contribution in [3.63, 3.8) is 0 Å². The van der Waals surface area contributed by atoms with Crippen LogP contribution in [-0.2, 0) is 9.59 Å². The van der Waals surface area contributed by atoms with E-state index in [4.69, 9.17) is 21.8 Å². The lowest BCUT2D eigenvalue weighted by atomic mass is 10.3. The van der Waals surface area contributed by atoms with Crippen molar-refractivity contribution in [3.05, 3.63) is 29.3 Å². The Bertz CT molecular complexity index is 438. The maximum atomic E-state index is 11.4. The summed E-state index contributed by atoms with van der Waals surface area (Å²) in [5.74, 6) is -1.08. The maximum absolute atomic E-state index is 11.4. The quantitative estimate of drug-likeness (QED) is 0.663. The molecule has 1 rings (SSSR count). The number of aliphatic hydroxyl groups is 1. The monoisotopic (exact) mass is 303 g/mol.